The van der Waals surface area contributed by atoms with Gasteiger partial charge < -0.3 is 34.9 Å². The highest BCUT2D eigenvalue weighted by atomic mass is 16.8. The number of hydrogen-bond donors (Lipinski definition) is 3. The number of benzene rings is 2. The van der Waals surface area contributed by atoms with Crippen molar-refractivity contribution in [3.05, 3.63) is 58.9 Å². The van der Waals surface area contributed by atoms with E-state index in [0.29, 0.717) is 30.6 Å². The van der Waals surface area contributed by atoms with Crippen molar-refractivity contribution < 1.29 is 24.6 Å². The topological polar surface area (TPSA) is 119 Å². The van der Waals surface area contributed by atoms with Gasteiger partial charge in [-0.05, 0) is 55.8 Å². The number of anilines is 2. The standard InChI is InChI=1S/C22H26N3O6/c1-15-21(22(27)31-13-12-30-2)19-14-18(26)8-9-20(19)24(15)11-3-10-23-16-4-6-17(7-5-16)25(28)29/h4-9,14,23,26,28H,3,10-13H2,1-2H3/q-1. The van der Waals surface area contributed by atoms with Crippen LogP contribution in [0.2, 0.25) is 0 Å². The van der Waals surface area contributed by atoms with Gasteiger partial charge in [-0.25, -0.2) is 4.79 Å². The molecule has 3 rings (SSSR count). The fourth-order valence-corrected chi connectivity index (χ4v) is 3.48. The van der Waals surface area contributed by atoms with Gasteiger partial charge in [-0.1, -0.05) is 0 Å². The zero-order valence-corrected chi connectivity index (χ0v) is 17.5. The normalized spacial score (nSPS) is 11.0. The summed E-state index contributed by atoms with van der Waals surface area (Å²) in [6.45, 7) is 3.63. The number of nitrogens with zero attached hydrogens (tertiary/aromatic N) is 2. The van der Waals surface area contributed by atoms with Crippen LogP contribution in [0.5, 0.6) is 5.75 Å². The Morgan fingerprint density at radius 3 is 2.61 bits per heavy atom. The number of aromatic hydroxyl groups is 1. The largest absolute Gasteiger partial charge is 0.733 e. The Morgan fingerprint density at radius 2 is 1.94 bits per heavy atom. The highest BCUT2D eigenvalue weighted by Crippen LogP contribution is 2.30. The lowest BCUT2D eigenvalue weighted by Gasteiger charge is -2.21. The van der Waals surface area contributed by atoms with E-state index >= 15 is 0 Å². The van der Waals surface area contributed by atoms with Gasteiger partial charge in [0.1, 0.15) is 12.4 Å². The molecule has 166 valence electrons. The quantitative estimate of drug-likeness (QED) is 0.254. The van der Waals surface area contributed by atoms with Crippen LogP contribution >= 0.6 is 0 Å². The smallest absolute Gasteiger partial charge is 0.340 e. The van der Waals surface area contributed by atoms with Crippen LogP contribution in [0.4, 0.5) is 11.4 Å². The number of carbonyl (C=O) groups excluding carboxylic acids is 1. The summed E-state index contributed by atoms with van der Waals surface area (Å²) in [7, 11) is 1.54. The van der Waals surface area contributed by atoms with Gasteiger partial charge >= 0.3 is 5.97 Å². The van der Waals surface area contributed by atoms with Crippen molar-refractivity contribution in [1.82, 2.24) is 4.57 Å². The van der Waals surface area contributed by atoms with Gasteiger partial charge in [0.15, 0.2) is 0 Å². The Bertz CT molecular complexity index is 1030. The highest BCUT2D eigenvalue weighted by molar-refractivity contribution is 6.06. The molecular weight excluding hydrogens is 402 g/mol. The molecule has 1 heterocycles. The van der Waals surface area contributed by atoms with E-state index in [-0.39, 0.29) is 23.3 Å². The first-order chi connectivity index (χ1) is 14.9. The number of carbonyl (C=O) groups is 1. The summed E-state index contributed by atoms with van der Waals surface area (Å²) in [4.78, 5) is 12.6. The number of phenols is 1. The summed E-state index contributed by atoms with van der Waals surface area (Å²) in [5.41, 5.74) is 3.04. The first-order valence-corrected chi connectivity index (χ1v) is 9.90. The summed E-state index contributed by atoms with van der Waals surface area (Å²) in [5.74, 6) is -0.362. The first kappa shape index (κ1) is 22.4. The Labute approximate surface area is 179 Å². The number of rotatable bonds is 10. The number of hydrogen-bond acceptors (Lipinski definition) is 8. The molecular formula is C22H26N3O6-. The Hall–Kier alpha value is -3.27. The van der Waals surface area contributed by atoms with E-state index in [0.717, 1.165) is 23.3 Å². The van der Waals surface area contributed by atoms with Crippen LogP contribution in [0.15, 0.2) is 42.5 Å². The van der Waals surface area contributed by atoms with Crippen molar-refractivity contribution in [2.24, 2.45) is 0 Å². The monoisotopic (exact) mass is 428 g/mol. The molecule has 2 aromatic carbocycles. The minimum Gasteiger partial charge on any atom is -0.733 e. The second-order valence-corrected chi connectivity index (χ2v) is 7.04. The van der Waals surface area contributed by atoms with Crippen LogP contribution in [0.25, 0.3) is 10.9 Å². The van der Waals surface area contributed by atoms with Gasteiger partial charge in [0.2, 0.25) is 0 Å². The van der Waals surface area contributed by atoms with Crippen molar-refractivity contribution in [2.45, 2.75) is 19.9 Å². The van der Waals surface area contributed by atoms with Gasteiger partial charge in [0, 0.05) is 42.5 Å². The average Bonchev–Trinajstić information content (AvgIpc) is 3.02. The number of ether oxygens (including phenoxy) is 2. The third kappa shape index (κ3) is 5.26. The highest BCUT2D eigenvalue weighted by Gasteiger charge is 2.21. The number of aryl methyl sites for hydroxylation is 1. The number of methoxy groups -OCH3 is 1. The van der Waals surface area contributed by atoms with Gasteiger partial charge in [-0.15, -0.1) is 0 Å². The zero-order chi connectivity index (χ0) is 22.4. The van der Waals surface area contributed by atoms with E-state index in [1.54, 1.807) is 30.3 Å². The summed E-state index contributed by atoms with van der Waals surface area (Å²) < 4.78 is 12.3. The second kappa shape index (κ2) is 10.2. The Morgan fingerprint density at radius 1 is 1.19 bits per heavy atom. The molecule has 3 aromatic rings. The first-order valence-electron chi connectivity index (χ1n) is 9.90. The van der Waals surface area contributed by atoms with E-state index in [4.69, 9.17) is 14.7 Å². The van der Waals surface area contributed by atoms with Gasteiger partial charge in [-0.3, -0.25) is 5.21 Å². The zero-order valence-electron chi connectivity index (χ0n) is 17.5. The SMILES string of the molecule is COCCOC(=O)c1c(C)n(CCCNc2ccc(N([O-])O)cc2)c2ccc(O)cc12. The maximum atomic E-state index is 12.6. The number of nitrogens with one attached hydrogen (secondary N) is 1. The van der Waals surface area contributed by atoms with Crippen LogP contribution in [0.3, 0.4) is 0 Å². The molecule has 31 heavy (non-hydrogen) atoms. The molecule has 0 radical (unpaired) electrons. The van der Waals surface area contributed by atoms with Crippen LogP contribution in [-0.2, 0) is 16.0 Å². The summed E-state index contributed by atoms with van der Waals surface area (Å²) >= 11 is 0. The molecule has 0 aliphatic rings. The minimum absolute atomic E-state index is 0.0835. The molecule has 0 saturated heterocycles. The van der Waals surface area contributed by atoms with Crippen molar-refractivity contribution >= 4 is 28.2 Å². The summed E-state index contributed by atoms with van der Waals surface area (Å²) in [6, 6.07) is 11.4. The molecule has 0 spiro atoms. The Kier molecular flexibility index (Phi) is 7.35. The Balaban J connectivity index is 1.71. The number of esters is 1. The molecule has 9 nitrogen and oxygen atoms in total. The van der Waals surface area contributed by atoms with E-state index in [2.05, 4.69) is 5.32 Å². The average molecular weight is 428 g/mol. The third-order valence-electron chi connectivity index (χ3n) is 5.01. The third-order valence-corrected chi connectivity index (χ3v) is 5.01. The van der Waals surface area contributed by atoms with Crippen LogP contribution in [0, 0.1) is 12.1 Å². The molecule has 0 fully saturated rings. The van der Waals surface area contributed by atoms with Crippen LogP contribution in [-0.4, -0.2) is 47.7 Å². The van der Waals surface area contributed by atoms with Gasteiger partial charge in [0.05, 0.1) is 17.9 Å². The lowest BCUT2D eigenvalue weighted by Crippen LogP contribution is -2.12. The molecule has 0 saturated carbocycles. The van der Waals surface area contributed by atoms with Crippen molar-refractivity contribution in [3.63, 3.8) is 0 Å². The molecule has 0 aliphatic heterocycles. The van der Waals surface area contributed by atoms with E-state index in [1.165, 1.54) is 19.2 Å². The van der Waals surface area contributed by atoms with Crippen LogP contribution in [0.1, 0.15) is 22.5 Å². The van der Waals surface area contributed by atoms with E-state index in [1.807, 2.05) is 11.5 Å². The molecule has 1 aromatic heterocycles. The fraction of sp³-hybridized carbons (Fsp3) is 0.318. The lowest BCUT2D eigenvalue weighted by molar-refractivity contribution is 0.0389. The van der Waals surface area contributed by atoms with E-state index in [9.17, 15) is 15.1 Å². The number of fused-ring (bicyclic) bond motifs is 1. The van der Waals surface area contributed by atoms with Crippen molar-refractivity contribution in [2.75, 3.05) is 37.4 Å². The van der Waals surface area contributed by atoms with Gasteiger partial charge in [0.25, 0.3) is 0 Å². The summed E-state index contributed by atoms with van der Waals surface area (Å²) in [5, 5.41) is 33.4. The van der Waals surface area contributed by atoms with Crippen LogP contribution < -0.4 is 10.5 Å². The van der Waals surface area contributed by atoms with Crippen molar-refractivity contribution in [1.29, 1.82) is 0 Å². The molecule has 0 aliphatic carbocycles. The predicted octanol–water partition coefficient (Wildman–Crippen LogP) is 3.65. The lowest BCUT2D eigenvalue weighted by atomic mass is 10.1. The second-order valence-electron chi connectivity index (χ2n) is 7.04. The molecule has 0 bridgehead atoms. The number of aromatic nitrogens is 1. The number of phenolic OH excluding ortho intramolecular Hbond substituents is 1. The fourth-order valence-electron chi connectivity index (χ4n) is 3.48. The molecule has 0 unspecified atom stereocenters. The molecule has 9 heteroatoms. The minimum atomic E-state index is -0.446. The van der Waals surface area contributed by atoms with Gasteiger partial charge in [-0.2, -0.15) is 0 Å². The molecule has 3 N–H and O–H groups in total. The van der Waals surface area contributed by atoms with E-state index < -0.39 is 5.97 Å². The van der Waals surface area contributed by atoms with Crippen molar-refractivity contribution in [3.8, 4) is 5.75 Å². The summed E-state index contributed by atoms with van der Waals surface area (Å²) in [6.07, 6.45) is 0.763. The maximum absolute atomic E-state index is 12.6. The predicted molar refractivity (Wildman–Crippen MR) is 118 cm³/mol. The maximum Gasteiger partial charge on any atom is 0.340 e. The molecule has 0 amide bonds. The molecule has 0 atom stereocenters.